The molecule has 3 atom stereocenters. The molecule has 14 heteroatoms. The minimum atomic E-state index is -4.94. The Hall–Kier alpha value is -2.90. The number of alkyl halides is 6. The molecule has 0 radical (unpaired) electrons. The molecular formula is C26H29ClF7N5O. The first-order chi connectivity index (χ1) is 18.2. The van der Waals surface area contributed by atoms with Crippen molar-refractivity contribution in [1.29, 1.82) is 0 Å². The normalized spacial score (nSPS) is 19.2. The van der Waals surface area contributed by atoms with Crippen molar-refractivity contribution in [3.63, 3.8) is 0 Å². The maximum atomic E-state index is 13.7. The fourth-order valence-corrected chi connectivity index (χ4v) is 4.90. The molecule has 0 aliphatic carbocycles. The quantitative estimate of drug-likeness (QED) is 0.312. The van der Waals surface area contributed by atoms with E-state index in [0.717, 1.165) is 12.1 Å². The number of halogens is 8. The van der Waals surface area contributed by atoms with Crippen LogP contribution in [0.1, 0.15) is 53.3 Å². The van der Waals surface area contributed by atoms with Crippen molar-refractivity contribution in [3.8, 4) is 0 Å². The fraction of sp³-hybridized carbons (Fsp3) is 0.462. The van der Waals surface area contributed by atoms with Crippen LogP contribution in [0.3, 0.4) is 0 Å². The lowest BCUT2D eigenvalue weighted by Gasteiger charge is -2.42. The van der Waals surface area contributed by atoms with Crippen molar-refractivity contribution in [3.05, 3.63) is 76.2 Å². The topological polar surface area (TPSA) is 57.3 Å². The third kappa shape index (κ3) is 7.24. The van der Waals surface area contributed by atoms with Crippen LogP contribution in [-0.2, 0) is 23.6 Å². The van der Waals surface area contributed by atoms with Gasteiger partial charge in [-0.05, 0) is 53.8 Å². The fourth-order valence-electron chi connectivity index (χ4n) is 4.90. The number of aromatic amines is 1. The van der Waals surface area contributed by atoms with E-state index in [0.29, 0.717) is 30.2 Å². The Labute approximate surface area is 232 Å². The summed E-state index contributed by atoms with van der Waals surface area (Å²) in [7, 11) is 3.62. The van der Waals surface area contributed by atoms with Crippen molar-refractivity contribution in [2.75, 3.05) is 32.1 Å². The summed E-state index contributed by atoms with van der Waals surface area (Å²) < 4.78 is 100. The van der Waals surface area contributed by atoms with Crippen LogP contribution >= 0.6 is 12.4 Å². The van der Waals surface area contributed by atoms with Gasteiger partial charge in [0.1, 0.15) is 11.5 Å². The molecule has 1 N–H and O–H groups in total. The number of nitrogens with zero attached hydrogens (tertiary/aromatic N) is 4. The highest BCUT2D eigenvalue weighted by atomic mass is 35.5. The van der Waals surface area contributed by atoms with Gasteiger partial charge in [-0.1, -0.05) is 19.1 Å². The van der Waals surface area contributed by atoms with Gasteiger partial charge in [-0.2, -0.15) is 36.7 Å². The van der Waals surface area contributed by atoms with Crippen LogP contribution in [0.25, 0.3) is 0 Å². The van der Waals surface area contributed by atoms with E-state index in [1.54, 1.807) is 24.0 Å². The zero-order chi connectivity index (χ0) is 28.5. The van der Waals surface area contributed by atoms with Crippen molar-refractivity contribution in [2.45, 2.75) is 50.3 Å². The third-order valence-corrected chi connectivity index (χ3v) is 6.81. The molecule has 1 fully saturated rings. The van der Waals surface area contributed by atoms with Gasteiger partial charge >= 0.3 is 12.4 Å². The molecule has 1 aliphatic rings. The zero-order valence-electron chi connectivity index (χ0n) is 21.9. The van der Waals surface area contributed by atoms with E-state index in [-0.39, 0.29) is 37.1 Å². The number of rotatable bonds is 7. The average Bonchev–Trinajstić information content (AvgIpc) is 3.32. The summed E-state index contributed by atoms with van der Waals surface area (Å²) >= 11 is 0. The Balaban J connectivity index is 0.00000441. The number of hydrogen-bond donors (Lipinski definition) is 1. The summed E-state index contributed by atoms with van der Waals surface area (Å²) in [6.07, 6.45) is -10.4. The van der Waals surface area contributed by atoms with E-state index in [1.807, 2.05) is 19.0 Å². The Morgan fingerprint density at radius 1 is 1.00 bits per heavy atom. The molecule has 6 nitrogen and oxygen atoms in total. The first-order valence-electron chi connectivity index (χ1n) is 12.2. The van der Waals surface area contributed by atoms with Crippen LogP contribution in [0.5, 0.6) is 0 Å². The molecule has 0 unspecified atom stereocenters. The Kier molecular flexibility index (Phi) is 9.74. The Bertz CT molecular complexity index is 1230. The second kappa shape index (κ2) is 12.3. The lowest BCUT2D eigenvalue weighted by Crippen LogP contribution is -2.45. The van der Waals surface area contributed by atoms with E-state index in [1.165, 1.54) is 12.1 Å². The van der Waals surface area contributed by atoms with Crippen molar-refractivity contribution >= 4 is 18.2 Å². The second-order valence-electron chi connectivity index (χ2n) is 9.84. The van der Waals surface area contributed by atoms with E-state index in [4.69, 9.17) is 4.74 Å². The van der Waals surface area contributed by atoms with Crippen LogP contribution < -0.4 is 4.90 Å². The number of H-pyrrole nitrogens is 1. The predicted octanol–water partition coefficient (Wildman–Crippen LogP) is 6.61. The molecule has 0 amide bonds. The lowest BCUT2D eigenvalue weighted by molar-refractivity contribution is -0.143. The Morgan fingerprint density at radius 2 is 1.60 bits per heavy atom. The standard InChI is InChI=1S/C26H28F7N5O.ClH/c1-15(17-11-18(25(28,29)30)13-19(12-17)26(31,32)33)10-22-23(16-4-6-20(27)7-5-16)38(8-9-39-22)14-21-24(37(2)3)35-36-34-21;/h4-7,11-13,15,22-23H,8-10,14H2,1-3H3,(H,34,35,36);1H/t15-,22+,23-;/m0./s1. The van der Waals surface area contributed by atoms with E-state index < -0.39 is 47.4 Å². The van der Waals surface area contributed by atoms with E-state index in [9.17, 15) is 30.7 Å². The highest BCUT2D eigenvalue weighted by molar-refractivity contribution is 5.85. The molecule has 2 heterocycles. The van der Waals surface area contributed by atoms with E-state index >= 15 is 0 Å². The number of anilines is 1. The van der Waals surface area contributed by atoms with E-state index in [2.05, 4.69) is 15.4 Å². The van der Waals surface area contributed by atoms with Crippen molar-refractivity contribution in [1.82, 2.24) is 20.3 Å². The van der Waals surface area contributed by atoms with Gasteiger partial charge < -0.3 is 9.64 Å². The SMILES string of the molecule is C[C@@H](C[C@H]1OCCN(Cc2n[nH]nc2N(C)C)[C@H]1c1ccc(F)cc1)c1cc(C(F)(F)F)cc(C(F)(F)F)c1.Cl. The van der Waals surface area contributed by atoms with Crippen LogP contribution in [0.15, 0.2) is 42.5 Å². The average molecular weight is 596 g/mol. The molecule has 1 aromatic heterocycles. The van der Waals surface area contributed by atoms with Crippen molar-refractivity contribution < 1.29 is 35.5 Å². The second-order valence-corrected chi connectivity index (χ2v) is 9.84. The van der Waals surface area contributed by atoms with Crippen LogP contribution in [0.4, 0.5) is 36.6 Å². The lowest BCUT2D eigenvalue weighted by atomic mass is 9.86. The highest BCUT2D eigenvalue weighted by Crippen LogP contribution is 2.41. The van der Waals surface area contributed by atoms with Gasteiger partial charge in [-0.25, -0.2) is 4.39 Å². The summed E-state index contributed by atoms with van der Waals surface area (Å²) in [5.41, 5.74) is -1.47. The number of nitrogens with one attached hydrogen (secondary N) is 1. The van der Waals surface area contributed by atoms with Crippen LogP contribution in [0, 0.1) is 5.82 Å². The molecule has 4 rings (SSSR count). The summed E-state index contributed by atoms with van der Waals surface area (Å²) in [5, 5.41) is 11.0. The maximum Gasteiger partial charge on any atom is 0.416 e. The molecule has 1 saturated heterocycles. The van der Waals surface area contributed by atoms with Gasteiger partial charge in [0.05, 0.1) is 29.9 Å². The van der Waals surface area contributed by atoms with Crippen molar-refractivity contribution in [2.24, 2.45) is 0 Å². The number of hydrogen-bond acceptors (Lipinski definition) is 5. The zero-order valence-corrected chi connectivity index (χ0v) is 22.7. The third-order valence-electron chi connectivity index (χ3n) is 6.81. The summed E-state index contributed by atoms with van der Waals surface area (Å²) in [6, 6.07) is 6.96. The molecule has 0 saturated carbocycles. The maximum absolute atomic E-state index is 13.7. The monoisotopic (exact) mass is 595 g/mol. The molecule has 40 heavy (non-hydrogen) atoms. The number of aromatic nitrogens is 3. The largest absolute Gasteiger partial charge is 0.416 e. The van der Waals surface area contributed by atoms with Gasteiger partial charge in [0.2, 0.25) is 0 Å². The van der Waals surface area contributed by atoms with Gasteiger partial charge in [0, 0.05) is 27.2 Å². The Morgan fingerprint density at radius 3 is 2.15 bits per heavy atom. The van der Waals surface area contributed by atoms with Crippen LogP contribution in [-0.4, -0.2) is 53.7 Å². The van der Waals surface area contributed by atoms with Gasteiger partial charge in [-0.3, -0.25) is 4.90 Å². The molecule has 2 aromatic carbocycles. The summed E-state index contributed by atoms with van der Waals surface area (Å²) in [5.74, 6) is -0.541. The molecular weight excluding hydrogens is 567 g/mol. The van der Waals surface area contributed by atoms with Gasteiger partial charge in [0.25, 0.3) is 0 Å². The van der Waals surface area contributed by atoms with Gasteiger partial charge in [-0.15, -0.1) is 17.5 Å². The van der Waals surface area contributed by atoms with Gasteiger partial charge in [0.15, 0.2) is 5.82 Å². The summed E-state index contributed by atoms with van der Waals surface area (Å²) in [4.78, 5) is 3.84. The smallest absolute Gasteiger partial charge is 0.375 e. The number of benzene rings is 2. The molecule has 1 aliphatic heterocycles. The first-order valence-corrected chi connectivity index (χ1v) is 12.2. The first kappa shape index (κ1) is 31.6. The minimum absolute atomic E-state index is 0. The number of morpholine rings is 1. The van der Waals surface area contributed by atoms with Crippen LogP contribution in [0.2, 0.25) is 0 Å². The number of ether oxygens (including phenoxy) is 1. The molecule has 0 spiro atoms. The molecule has 220 valence electrons. The predicted molar refractivity (Wildman–Crippen MR) is 137 cm³/mol. The summed E-state index contributed by atoms with van der Waals surface area (Å²) in [6.45, 7) is 2.65. The molecule has 0 bridgehead atoms. The highest BCUT2D eigenvalue weighted by Gasteiger charge is 2.39. The molecule has 3 aromatic rings. The minimum Gasteiger partial charge on any atom is -0.375 e.